The van der Waals surface area contributed by atoms with Gasteiger partial charge in [-0.1, -0.05) is 237 Å². The molecule has 4 nitrogen and oxygen atoms in total. The van der Waals surface area contributed by atoms with Gasteiger partial charge in [-0.25, -0.2) is 0 Å². The van der Waals surface area contributed by atoms with Crippen LogP contribution in [-0.2, 0) is 10.8 Å². The Hall–Kier alpha value is -10.9. The molecule has 0 aliphatic heterocycles. The summed E-state index contributed by atoms with van der Waals surface area (Å²) in [6.07, 6.45) is 0. The number of fused-ring (bicyclic) bond motifs is 12. The van der Waals surface area contributed by atoms with Crippen molar-refractivity contribution in [3.8, 4) is 22.3 Å². The summed E-state index contributed by atoms with van der Waals surface area (Å²) in [5.74, 6) is 0. The van der Waals surface area contributed by atoms with Gasteiger partial charge in [0.2, 0.25) is 0 Å². The highest BCUT2D eigenvalue weighted by Crippen LogP contribution is 2.60. The van der Waals surface area contributed by atoms with E-state index < -0.39 is 10.8 Å². The Kier molecular flexibility index (Phi) is 10.7. The first-order valence-electron chi connectivity index (χ1n) is 28.9. The minimum absolute atomic E-state index is 0.614. The number of hydrogen-bond donors (Lipinski definition) is 0. The lowest BCUT2D eigenvalue weighted by Gasteiger charge is -2.35. The second-order valence-electron chi connectivity index (χ2n) is 22.2. The minimum atomic E-state index is -0.614. The van der Waals surface area contributed by atoms with Gasteiger partial charge < -0.3 is 18.6 Å². The number of rotatable bonds is 10. The lowest BCUT2D eigenvalue weighted by molar-refractivity contribution is 0.668. The molecule has 394 valence electrons. The van der Waals surface area contributed by atoms with Gasteiger partial charge in [0.1, 0.15) is 22.3 Å². The maximum atomic E-state index is 6.72. The van der Waals surface area contributed by atoms with Gasteiger partial charge in [-0.15, -0.1) is 0 Å². The van der Waals surface area contributed by atoms with Crippen molar-refractivity contribution in [3.63, 3.8) is 0 Å². The highest BCUT2D eigenvalue weighted by Gasteiger charge is 2.48. The van der Waals surface area contributed by atoms with Crippen LogP contribution in [0.15, 0.2) is 324 Å². The van der Waals surface area contributed by atoms with Crippen LogP contribution < -0.4 is 9.80 Å². The third-order valence-electron chi connectivity index (χ3n) is 18.0. The zero-order valence-electron chi connectivity index (χ0n) is 45.7. The fraction of sp³-hybridized carbons (Fsp3) is 0.0250. The monoisotopic (exact) mass is 1070 g/mol. The Morgan fingerprint density at radius 2 is 0.548 bits per heavy atom. The predicted molar refractivity (Wildman–Crippen MR) is 345 cm³/mol. The smallest absolute Gasteiger partial charge is 0.137 e. The first kappa shape index (κ1) is 47.8. The summed E-state index contributed by atoms with van der Waals surface area (Å²) >= 11 is 0. The van der Waals surface area contributed by atoms with Crippen molar-refractivity contribution in [2.45, 2.75) is 10.8 Å². The van der Waals surface area contributed by atoms with E-state index in [1.54, 1.807) is 0 Å². The molecule has 0 amide bonds. The van der Waals surface area contributed by atoms with Crippen molar-refractivity contribution >= 4 is 78.0 Å². The summed E-state index contributed by atoms with van der Waals surface area (Å²) in [5, 5.41) is 4.20. The molecule has 0 atom stereocenters. The molecule has 0 saturated carbocycles. The van der Waals surface area contributed by atoms with E-state index >= 15 is 0 Å². The lowest BCUT2D eigenvalue weighted by atomic mass is 9.67. The van der Waals surface area contributed by atoms with Crippen molar-refractivity contribution < 1.29 is 8.83 Å². The third kappa shape index (κ3) is 6.89. The van der Waals surface area contributed by atoms with Crippen molar-refractivity contribution in [3.05, 3.63) is 360 Å². The van der Waals surface area contributed by atoms with E-state index in [1.165, 1.54) is 66.8 Å². The number of anilines is 6. The molecule has 2 aliphatic carbocycles. The van der Waals surface area contributed by atoms with E-state index in [4.69, 9.17) is 8.83 Å². The molecule has 2 aliphatic rings. The van der Waals surface area contributed by atoms with Gasteiger partial charge >= 0.3 is 0 Å². The van der Waals surface area contributed by atoms with E-state index in [-0.39, 0.29) is 0 Å². The molecule has 13 aromatic carbocycles. The van der Waals surface area contributed by atoms with Gasteiger partial charge in [-0.2, -0.15) is 0 Å². The highest BCUT2D eigenvalue weighted by molar-refractivity contribution is 6.15. The van der Waals surface area contributed by atoms with Crippen LogP contribution >= 0.6 is 0 Å². The fourth-order valence-corrected chi connectivity index (χ4v) is 14.7. The number of para-hydroxylation sites is 2. The Bertz CT molecular complexity index is 4650. The summed E-state index contributed by atoms with van der Waals surface area (Å²) in [4.78, 5) is 4.91. The standard InChI is InChI=1S/C80H52N2O2/c1-5-24-53(25-6-1)79(54-26-7-2-8-27-54)67-38-17-13-34-61(67)63-48-46-59(51-69(63)79)81(71-40-22-44-75-77(71)65-36-15-19-42-73(65)83-75)57-32-21-33-58(50-57)82(72-41-23-45-76-78(72)66-37-16-20-43-74(66)84-76)60-47-49-64-62-35-14-18-39-68(62)80(70(64)52-60,55-28-9-3-10-29-55)56-30-11-4-12-31-56/h1-52H. The van der Waals surface area contributed by atoms with Crippen molar-refractivity contribution in [1.82, 2.24) is 0 Å². The summed E-state index contributed by atoms with van der Waals surface area (Å²) in [5.41, 5.74) is 22.9. The van der Waals surface area contributed by atoms with Gasteiger partial charge in [-0.05, 0) is 146 Å². The average molecular weight is 1070 g/mol. The van der Waals surface area contributed by atoms with E-state index in [9.17, 15) is 0 Å². The largest absolute Gasteiger partial charge is 0.456 e. The molecule has 2 heterocycles. The molecular formula is C80H52N2O2. The maximum absolute atomic E-state index is 6.72. The van der Waals surface area contributed by atoms with Gasteiger partial charge in [0, 0.05) is 33.5 Å². The first-order chi connectivity index (χ1) is 41.7. The third-order valence-corrected chi connectivity index (χ3v) is 18.0. The van der Waals surface area contributed by atoms with Crippen LogP contribution in [0, 0.1) is 0 Å². The second-order valence-corrected chi connectivity index (χ2v) is 22.2. The topological polar surface area (TPSA) is 32.8 Å². The van der Waals surface area contributed by atoms with E-state index in [1.807, 2.05) is 0 Å². The molecular weight excluding hydrogens is 1020 g/mol. The SMILES string of the molecule is c1ccc(C2(c3ccccc3)c3ccccc3-c3ccc(N(c4cccc(N(c5ccc6c(c5)C(c5ccccc5)(c5ccccc5)c5ccccc5-6)c5cccc6oc7ccccc7c56)c4)c4cccc5oc6ccccc6c45)cc32)cc1. The quantitative estimate of drug-likeness (QED) is 0.137. The van der Waals surface area contributed by atoms with Crippen LogP contribution in [0.3, 0.4) is 0 Å². The Labute approximate surface area is 487 Å². The van der Waals surface area contributed by atoms with Crippen LogP contribution in [0.2, 0.25) is 0 Å². The minimum Gasteiger partial charge on any atom is -0.456 e. The Morgan fingerprint density at radius 3 is 0.964 bits per heavy atom. The Morgan fingerprint density at radius 1 is 0.226 bits per heavy atom. The predicted octanol–water partition coefficient (Wildman–Crippen LogP) is 21.2. The highest BCUT2D eigenvalue weighted by atomic mass is 16.3. The van der Waals surface area contributed by atoms with E-state index in [0.717, 1.165) is 78.0 Å². The fourth-order valence-electron chi connectivity index (χ4n) is 14.7. The zero-order valence-corrected chi connectivity index (χ0v) is 45.7. The molecule has 0 N–H and O–H groups in total. The molecule has 0 unspecified atom stereocenters. The van der Waals surface area contributed by atoms with Crippen LogP contribution in [0.1, 0.15) is 44.5 Å². The van der Waals surface area contributed by atoms with Crippen LogP contribution in [-0.4, -0.2) is 0 Å². The molecule has 17 rings (SSSR count). The molecule has 0 saturated heterocycles. The summed E-state index contributed by atoms with van der Waals surface area (Å²) in [6, 6.07) is 115. The van der Waals surface area contributed by atoms with Crippen molar-refractivity contribution in [1.29, 1.82) is 0 Å². The summed E-state index contributed by atoms with van der Waals surface area (Å²) < 4.78 is 13.4. The van der Waals surface area contributed by atoms with E-state index in [0.29, 0.717) is 0 Å². The van der Waals surface area contributed by atoms with Crippen LogP contribution in [0.25, 0.3) is 66.1 Å². The molecule has 0 fully saturated rings. The van der Waals surface area contributed by atoms with E-state index in [2.05, 4.69) is 325 Å². The zero-order chi connectivity index (χ0) is 55.3. The van der Waals surface area contributed by atoms with Crippen LogP contribution in [0.5, 0.6) is 0 Å². The first-order valence-corrected chi connectivity index (χ1v) is 28.9. The van der Waals surface area contributed by atoms with Gasteiger partial charge in [0.25, 0.3) is 0 Å². The Balaban J connectivity index is 0.940. The van der Waals surface area contributed by atoms with Gasteiger partial charge in [0.15, 0.2) is 0 Å². The molecule has 84 heavy (non-hydrogen) atoms. The van der Waals surface area contributed by atoms with Crippen LogP contribution in [0.4, 0.5) is 34.1 Å². The normalized spacial score (nSPS) is 13.4. The molecule has 15 aromatic rings. The second kappa shape index (κ2) is 18.8. The number of nitrogens with zero attached hydrogens (tertiary/aromatic N) is 2. The molecule has 0 radical (unpaired) electrons. The maximum Gasteiger partial charge on any atom is 0.137 e. The average Bonchev–Trinajstić information content (AvgIpc) is 1.72. The number of benzene rings is 13. The van der Waals surface area contributed by atoms with Gasteiger partial charge in [0.05, 0.1) is 33.0 Å². The molecule has 0 bridgehead atoms. The lowest BCUT2D eigenvalue weighted by Crippen LogP contribution is -2.28. The van der Waals surface area contributed by atoms with Crippen molar-refractivity contribution in [2.75, 3.05) is 9.80 Å². The van der Waals surface area contributed by atoms with Gasteiger partial charge in [-0.3, -0.25) is 0 Å². The number of hydrogen-bond acceptors (Lipinski definition) is 4. The summed E-state index contributed by atoms with van der Waals surface area (Å²) in [7, 11) is 0. The summed E-state index contributed by atoms with van der Waals surface area (Å²) in [6.45, 7) is 0. The number of furan rings is 2. The molecule has 2 aromatic heterocycles. The molecule has 4 heteroatoms. The molecule has 0 spiro atoms. The van der Waals surface area contributed by atoms with Crippen molar-refractivity contribution in [2.24, 2.45) is 0 Å².